The molecule has 0 aromatic carbocycles. The van der Waals surface area contributed by atoms with Crippen LogP contribution in [0.15, 0.2) is 18.5 Å². The van der Waals surface area contributed by atoms with Crippen LogP contribution in [0.25, 0.3) is 0 Å². The molecule has 20 heavy (non-hydrogen) atoms. The van der Waals surface area contributed by atoms with E-state index < -0.39 is 0 Å². The topological polar surface area (TPSA) is 64.7 Å². The molecule has 1 saturated carbocycles. The Labute approximate surface area is 117 Å². The normalized spacial score (nSPS) is 14.5. The Morgan fingerprint density at radius 3 is 3.00 bits per heavy atom. The Balaban J connectivity index is 1.69. The summed E-state index contributed by atoms with van der Waals surface area (Å²) in [5.41, 5.74) is 2.17. The van der Waals surface area contributed by atoms with E-state index >= 15 is 0 Å². The standard InChI is InChI=1S/C14H19N5O/c1-3-19-13(6-10(2)17-19)14(20)16-12-7-15-18(9-12)8-11-4-5-11/h6-7,9,11H,3-5,8H2,1-2H3,(H,16,20). The first kappa shape index (κ1) is 12.9. The molecule has 1 amide bonds. The van der Waals surface area contributed by atoms with Crippen molar-refractivity contribution in [2.45, 2.75) is 39.8 Å². The molecule has 2 heterocycles. The van der Waals surface area contributed by atoms with E-state index in [1.54, 1.807) is 16.9 Å². The number of anilines is 1. The fourth-order valence-electron chi connectivity index (χ4n) is 2.26. The average molecular weight is 273 g/mol. The zero-order valence-corrected chi connectivity index (χ0v) is 11.8. The minimum atomic E-state index is -0.140. The maximum absolute atomic E-state index is 12.2. The fourth-order valence-corrected chi connectivity index (χ4v) is 2.26. The maximum atomic E-state index is 12.2. The van der Waals surface area contributed by atoms with Crippen molar-refractivity contribution in [3.8, 4) is 0 Å². The zero-order chi connectivity index (χ0) is 14.1. The molecular formula is C14H19N5O. The van der Waals surface area contributed by atoms with E-state index in [2.05, 4.69) is 15.5 Å². The molecule has 1 aliphatic rings. The molecule has 0 bridgehead atoms. The average Bonchev–Trinajstić information content (AvgIpc) is 2.98. The zero-order valence-electron chi connectivity index (χ0n) is 11.8. The molecule has 6 nitrogen and oxygen atoms in total. The molecule has 0 radical (unpaired) electrons. The van der Waals surface area contributed by atoms with Crippen LogP contribution in [0.3, 0.4) is 0 Å². The van der Waals surface area contributed by atoms with Crippen LogP contribution in [0.4, 0.5) is 5.69 Å². The predicted molar refractivity (Wildman–Crippen MR) is 75.5 cm³/mol. The third kappa shape index (κ3) is 2.74. The smallest absolute Gasteiger partial charge is 0.274 e. The summed E-state index contributed by atoms with van der Waals surface area (Å²) < 4.78 is 3.61. The van der Waals surface area contributed by atoms with E-state index in [4.69, 9.17) is 0 Å². The van der Waals surface area contributed by atoms with Crippen LogP contribution in [0.1, 0.15) is 35.9 Å². The van der Waals surface area contributed by atoms with Gasteiger partial charge in [-0.3, -0.25) is 14.2 Å². The predicted octanol–water partition coefficient (Wildman–Crippen LogP) is 2.07. The number of amides is 1. The highest BCUT2D eigenvalue weighted by Crippen LogP contribution is 2.30. The van der Waals surface area contributed by atoms with Crippen LogP contribution < -0.4 is 5.32 Å². The van der Waals surface area contributed by atoms with Crippen molar-refractivity contribution in [1.82, 2.24) is 19.6 Å². The maximum Gasteiger partial charge on any atom is 0.274 e. The summed E-state index contributed by atoms with van der Waals surface area (Å²) in [6.07, 6.45) is 6.16. The van der Waals surface area contributed by atoms with Gasteiger partial charge in [0.05, 0.1) is 17.6 Å². The fraction of sp³-hybridized carbons (Fsp3) is 0.500. The van der Waals surface area contributed by atoms with Gasteiger partial charge in [0.1, 0.15) is 5.69 Å². The first-order valence-electron chi connectivity index (χ1n) is 7.04. The molecule has 1 N–H and O–H groups in total. The van der Waals surface area contributed by atoms with Crippen molar-refractivity contribution >= 4 is 11.6 Å². The summed E-state index contributed by atoms with van der Waals surface area (Å²) in [6.45, 7) is 5.48. The van der Waals surface area contributed by atoms with Gasteiger partial charge in [-0.15, -0.1) is 0 Å². The van der Waals surface area contributed by atoms with Gasteiger partial charge in [-0.2, -0.15) is 10.2 Å². The molecule has 3 rings (SSSR count). The highest BCUT2D eigenvalue weighted by molar-refractivity contribution is 6.03. The first-order chi connectivity index (χ1) is 9.65. The van der Waals surface area contributed by atoms with Crippen LogP contribution in [0.2, 0.25) is 0 Å². The molecule has 0 spiro atoms. The Bertz CT molecular complexity index is 623. The molecule has 1 aliphatic carbocycles. The second-order valence-electron chi connectivity index (χ2n) is 5.34. The molecule has 0 unspecified atom stereocenters. The summed E-state index contributed by atoms with van der Waals surface area (Å²) in [5, 5.41) is 11.4. The van der Waals surface area contributed by atoms with Gasteiger partial charge in [0, 0.05) is 19.3 Å². The molecule has 0 atom stereocenters. The van der Waals surface area contributed by atoms with Crippen LogP contribution in [0.5, 0.6) is 0 Å². The Kier molecular flexibility index (Phi) is 3.30. The van der Waals surface area contributed by atoms with Gasteiger partial charge < -0.3 is 5.32 Å². The van der Waals surface area contributed by atoms with Gasteiger partial charge in [-0.1, -0.05) is 0 Å². The Morgan fingerprint density at radius 1 is 1.50 bits per heavy atom. The second-order valence-corrected chi connectivity index (χ2v) is 5.34. The van der Waals surface area contributed by atoms with Gasteiger partial charge in [-0.05, 0) is 38.7 Å². The van der Waals surface area contributed by atoms with Gasteiger partial charge in [0.15, 0.2) is 0 Å². The van der Waals surface area contributed by atoms with Gasteiger partial charge in [0.25, 0.3) is 5.91 Å². The largest absolute Gasteiger partial charge is 0.318 e. The van der Waals surface area contributed by atoms with Crippen molar-refractivity contribution in [2.24, 2.45) is 5.92 Å². The number of hydrogen-bond donors (Lipinski definition) is 1. The van der Waals surface area contributed by atoms with E-state index in [9.17, 15) is 4.79 Å². The summed E-state index contributed by atoms with van der Waals surface area (Å²) in [7, 11) is 0. The molecule has 2 aromatic heterocycles. The van der Waals surface area contributed by atoms with E-state index in [1.807, 2.05) is 24.7 Å². The molecular weight excluding hydrogens is 254 g/mol. The van der Waals surface area contributed by atoms with Crippen molar-refractivity contribution in [2.75, 3.05) is 5.32 Å². The van der Waals surface area contributed by atoms with E-state index in [-0.39, 0.29) is 5.91 Å². The number of nitrogens with zero attached hydrogens (tertiary/aromatic N) is 4. The lowest BCUT2D eigenvalue weighted by molar-refractivity contribution is 0.101. The summed E-state index contributed by atoms with van der Waals surface area (Å²) in [6, 6.07) is 1.80. The van der Waals surface area contributed by atoms with Crippen LogP contribution >= 0.6 is 0 Å². The second kappa shape index (κ2) is 5.11. The van der Waals surface area contributed by atoms with Gasteiger partial charge >= 0.3 is 0 Å². The van der Waals surface area contributed by atoms with E-state index in [0.29, 0.717) is 12.2 Å². The number of aromatic nitrogens is 4. The summed E-state index contributed by atoms with van der Waals surface area (Å²) in [4.78, 5) is 12.2. The van der Waals surface area contributed by atoms with Gasteiger partial charge in [0.2, 0.25) is 0 Å². The highest BCUT2D eigenvalue weighted by Gasteiger charge is 2.22. The summed E-state index contributed by atoms with van der Waals surface area (Å²) in [5.74, 6) is 0.626. The Hall–Kier alpha value is -2.11. The molecule has 6 heteroatoms. The van der Waals surface area contributed by atoms with Crippen LogP contribution in [-0.4, -0.2) is 25.5 Å². The third-order valence-corrected chi connectivity index (χ3v) is 3.47. The highest BCUT2D eigenvalue weighted by atomic mass is 16.2. The lowest BCUT2D eigenvalue weighted by atomic mass is 10.3. The Morgan fingerprint density at radius 2 is 2.30 bits per heavy atom. The van der Waals surface area contributed by atoms with Crippen molar-refractivity contribution in [3.63, 3.8) is 0 Å². The number of carbonyl (C=O) groups is 1. The van der Waals surface area contributed by atoms with Crippen LogP contribution in [-0.2, 0) is 13.1 Å². The van der Waals surface area contributed by atoms with Crippen molar-refractivity contribution in [1.29, 1.82) is 0 Å². The molecule has 106 valence electrons. The van der Waals surface area contributed by atoms with Gasteiger partial charge in [-0.25, -0.2) is 0 Å². The lowest BCUT2D eigenvalue weighted by Crippen LogP contribution is -2.17. The van der Waals surface area contributed by atoms with Crippen molar-refractivity contribution < 1.29 is 4.79 Å². The molecule has 0 saturated heterocycles. The SMILES string of the molecule is CCn1nc(C)cc1C(=O)Nc1cnn(CC2CC2)c1. The van der Waals surface area contributed by atoms with Crippen molar-refractivity contribution in [3.05, 3.63) is 29.8 Å². The minimum Gasteiger partial charge on any atom is -0.318 e. The molecule has 1 fully saturated rings. The lowest BCUT2D eigenvalue weighted by Gasteiger charge is -2.04. The first-order valence-corrected chi connectivity index (χ1v) is 7.04. The quantitative estimate of drug-likeness (QED) is 0.907. The number of carbonyl (C=O) groups excluding carboxylic acids is 1. The number of hydrogen-bond acceptors (Lipinski definition) is 3. The molecule has 2 aromatic rings. The summed E-state index contributed by atoms with van der Waals surface area (Å²) >= 11 is 0. The number of rotatable bonds is 5. The monoisotopic (exact) mass is 273 g/mol. The molecule has 0 aliphatic heterocycles. The third-order valence-electron chi connectivity index (χ3n) is 3.47. The minimum absolute atomic E-state index is 0.140. The van der Waals surface area contributed by atoms with E-state index in [0.717, 1.165) is 23.8 Å². The number of aryl methyl sites for hydroxylation is 2. The number of nitrogens with one attached hydrogen (secondary N) is 1. The van der Waals surface area contributed by atoms with Crippen LogP contribution in [0, 0.1) is 12.8 Å². The van der Waals surface area contributed by atoms with E-state index in [1.165, 1.54) is 12.8 Å².